The van der Waals surface area contributed by atoms with E-state index in [0.717, 1.165) is 11.1 Å². The molecule has 0 saturated carbocycles. The molecule has 0 radical (unpaired) electrons. The Kier molecular flexibility index (Phi) is 8.74. The largest absolute Gasteiger partial charge is 0.624 e. The molecule has 4 atom stereocenters. The van der Waals surface area contributed by atoms with E-state index in [2.05, 4.69) is 36.4 Å². The smallest absolute Gasteiger partial charge is 0.0330 e. The molecule has 0 bridgehead atoms. The summed E-state index contributed by atoms with van der Waals surface area (Å²) in [4.78, 5) is 0. The second-order valence-electron chi connectivity index (χ2n) is 7.22. The molecule has 0 spiro atoms. The topological polar surface area (TPSA) is 46.7 Å². The van der Waals surface area contributed by atoms with E-state index in [0.29, 0.717) is 13.2 Å². The van der Waals surface area contributed by atoms with Crippen molar-refractivity contribution in [2.75, 3.05) is 13.2 Å². The van der Waals surface area contributed by atoms with Gasteiger partial charge in [0.2, 0.25) is 0 Å². The van der Waals surface area contributed by atoms with Crippen LogP contribution in [0.5, 0.6) is 0 Å². The molecular weight excluding hydrogens is 510 g/mol. The Balaban J connectivity index is 0.000000730. The van der Waals surface area contributed by atoms with E-state index in [4.69, 9.17) is 37.1 Å². The fraction of sp³-hybridized carbons (Fsp3) is 0.250. The van der Waals surface area contributed by atoms with Crippen molar-refractivity contribution in [2.45, 2.75) is 24.5 Å². The van der Waals surface area contributed by atoms with Gasteiger partial charge in [-0.25, -0.2) is 0 Å². The predicted molar refractivity (Wildman–Crippen MR) is 121 cm³/mol. The molecule has 3 aromatic carbocycles. The molecule has 0 N–H and O–H groups in total. The van der Waals surface area contributed by atoms with Crippen molar-refractivity contribution in [3.8, 4) is 0 Å². The molecule has 0 aromatic heterocycles. The van der Waals surface area contributed by atoms with Crippen LogP contribution in [-0.2, 0) is 30.3 Å². The first-order valence-corrected chi connectivity index (χ1v) is 16.4. The summed E-state index contributed by atoms with van der Waals surface area (Å²) < 4.78 is 12.1. The van der Waals surface area contributed by atoms with Crippen LogP contribution in [-0.4, -0.2) is 13.2 Å². The van der Waals surface area contributed by atoms with E-state index in [-0.39, 0.29) is 24.5 Å². The van der Waals surface area contributed by atoms with Crippen LogP contribution < -0.4 is 0 Å². The summed E-state index contributed by atoms with van der Waals surface area (Å²) >= 11 is -0.826. The second kappa shape index (κ2) is 11.7. The molecule has 2 heterocycles. The summed E-state index contributed by atoms with van der Waals surface area (Å²) in [6.07, 6.45) is -0.563. The van der Waals surface area contributed by atoms with Crippen LogP contribution in [0.1, 0.15) is 46.8 Å². The van der Waals surface area contributed by atoms with Crippen molar-refractivity contribution < 1.29 is 30.3 Å². The van der Waals surface area contributed by atoms with Gasteiger partial charge in [0.1, 0.15) is 0 Å². The van der Waals surface area contributed by atoms with Gasteiger partial charge in [-0.1, -0.05) is 108 Å². The van der Waals surface area contributed by atoms with E-state index in [1.54, 1.807) is 0 Å². The van der Waals surface area contributed by atoms with Gasteiger partial charge >= 0.3 is 37.9 Å². The third-order valence-corrected chi connectivity index (χ3v) is 5.35. The average molecular weight is 533 g/mol. The number of nitrogens with zero attached hydrogens (tertiary/aromatic N) is 2. The molecule has 5 rings (SSSR count). The van der Waals surface area contributed by atoms with Crippen molar-refractivity contribution in [3.63, 3.8) is 0 Å². The van der Waals surface area contributed by atoms with Crippen LogP contribution in [0.3, 0.4) is 0 Å². The Bertz CT molecular complexity index is 872. The molecule has 0 aliphatic carbocycles. The fourth-order valence-corrected chi connectivity index (χ4v) is 3.88. The molecule has 2 aliphatic rings. The molecule has 31 heavy (non-hydrogen) atoms. The van der Waals surface area contributed by atoms with Crippen LogP contribution in [0.4, 0.5) is 0 Å². The first-order chi connectivity index (χ1) is 15.3. The van der Waals surface area contributed by atoms with Gasteiger partial charge in [-0.2, -0.15) is 0 Å². The van der Waals surface area contributed by atoms with Gasteiger partial charge in [0.05, 0.1) is 0 Å². The summed E-state index contributed by atoms with van der Waals surface area (Å²) in [5.74, 6) is 0. The van der Waals surface area contributed by atoms with Crippen LogP contribution in [0, 0.1) is 0 Å². The molecule has 3 aromatic rings. The van der Waals surface area contributed by atoms with E-state index in [9.17, 15) is 0 Å². The minimum Gasteiger partial charge on any atom is -0.624 e. The number of benzene rings is 3. The Morgan fingerprint density at radius 1 is 0.613 bits per heavy atom. The van der Waals surface area contributed by atoms with Crippen LogP contribution in [0.2, 0.25) is 0 Å². The third-order valence-electron chi connectivity index (χ3n) is 5.35. The number of hydrogen-bond acceptors (Lipinski definition) is 2. The normalized spacial score (nSPS) is 24.8. The van der Waals surface area contributed by atoms with Crippen LogP contribution >= 0.6 is 17.0 Å². The summed E-state index contributed by atoms with van der Waals surface area (Å²) in [5.41, 5.74) is 4.47. The maximum absolute atomic E-state index is 6.05. The molecular formula is C24H22Cl2N2O2Zr. The van der Waals surface area contributed by atoms with Gasteiger partial charge < -0.3 is 20.1 Å². The van der Waals surface area contributed by atoms with Crippen molar-refractivity contribution in [1.82, 2.24) is 0 Å². The van der Waals surface area contributed by atoms with Gasteiger partial charge in [0.25, 0.3) is 0 Å². The first-order valence-electron chi connectivity index (χ1n) is 10.1. The number of ether oxygens (including phenoxy) is 2. The molecule has 4 unspecified atom stereocenters. The molecule has 2 aliphatic heterocycles. The van der Waals surface area contributed by atoms with Crippen LogP contribution in [0.25, 0.3) is 10.6 Å². The first kappa shape index (κ1) is 23.1. The fourth-order valence-electron chi connectivity index (χ4n) is 3.88. The second-order valence-corrected chi connectivity index (χ2v) is 11.0. The van der Waals surface area contributed by atoms with Crippen molar-refractivity contribution >= 4 is 17.0 Å². The van der Waals surface area contributed by atoms with Crippen molar-refractivity contribution in [2.24, 2.45) is 0 Å². The third kappa shape index (κ3) is 5.86. The zero-order chi connectivity index (χ0) is 21.5. The summed E-state index contributed by atoms with van der Waals surface area (Å²) in [7, 11) is 9.87. The zero-order valence-corrected chi connectivity index (χ0v) is 20.7. The van der Waals surface area contributed by atoms with Crippen molar-refractivity contribution in [1.29, 1.82) is 0 Å². The molecule has 4 nitrogen and oxygen atoms in total. The molecule has 7 heteroatoms. The number of rotatable bonds is 4. The summed E-state index contributed by atoms with van der Waals surface area (Å²) in [6.45, 7) is 1.19. The monoisotopic (exact) mass is 530 g/mol. The Morgan fingerprint density at radius 2 is 0.968 bits per heavy atom. The maximum atomic E-state index is 6.05. The Morgan fingerprint density at radius 3 is 1.35 bits per heavy atom. The van der Waals surface area contributed by atoms with Gasteiger partial charge in [-0.05, 0) is 23.6 Å². The quantitative estimate of drug-likeness (QED) is 0.353. The van der Waals surface area contributed by atoms with Crippen molar-refractivity contribution in [3.05, 3.63) is 118 Å². The summed E-state index contributed by atoms with van der Waals surface area (Å²) in [5, 5.41) is 9.84. The zero-order valence-electron chi connectivity index (χ0n) is 16.8. The van der Waals surface area contributed by atoms with Gasteiger partial charge in [0, 0.05) is 13.2 Å². The molecule has 2 saturated heterocycles. The van der Waals surface area contributed by atoms with Crippen LogP contribution in [0.15, 0.2) is 84.9 Å². The van der Waals surface area contributed by atoms with E-state index in [1.165, 1.54) is 11.1 Å². The molecule has 158 valence electrons. The van der Waals surface area contributed by atoms with E-state index < -0.39 is 20.8 Å². The van der Waals surface area contributed by atoms with Gasteiger partial charge in [-0.15, -0.1) is 0 Å². The minimum absolute atomic E-state index is 0.0674. The average Bonchev–Trinajstić information content (AvgIpc) is 3.51. The van der Waals surface area contributed by atoms with Gasteiger partial charge in [-0.3, -0.25) is 0 Å². The predicted octanol–water partition coefficient (Wildman–Crippen LogP) is 7.35. The van der Waals surface area contributed by atoms with E-state index >= 15 is 0 Å². The SMILES string of the molecule is [Cl][Zr+2][Cl].c1ccc(C2COC(c3ccccc3C3[N-]C(c4ccccc4)CO3)[N-]2)cc1. The minimum atomic E-state index is -0.826. The summed E-state index contributed by atoms with van der Waals surface area (Å²) in [6, 6.07) is 29.0. The standard InChI is InChI=1S/C24H22N2O2.2ClH.Zr/c1-3-9-17(10-4-1)21-15-27-23(25-21)19-13-7-8-14-20(19)24-26-22(16-28-24)18-11-5-2-6-12-18;;;/h1-14,21-24H,15-16H2;2*1H;/q-2;;;+4/p-2. The Labute approximate surface area is 201 Å². The molecule has 2 fully saturated rings. The Hall–Kier alpha value is -1.04. The maximum Gasteiger partial charge on any atom is 0.0330 e. The van der Waals surface area contributed by atoms with E-state index in [1.807, 2.05) is 48.5 Å². The van der Waals surface area contributed by atoms with Gasteiger partial charge in [0.15, 0.2) is 0 Å². The molecule has 0 amide bonds. The number of hydrogen-bond donors (Lipinski definition) is 0. The number of halogens is 2.